The lowest BCUT2D eigenvalue weighted by Crippen LogP contribution is -1.82. The molecule has 0 amide bonds. The minimum atomic E-state index is 0.198. The molecule has 0 bridgehead atoms. The van der Waals surface area contributed by atoms with Crippen LogP contribution in [0.5, 0.6) is 0 Å². The Bertz CT molecular complexity index is 595. The van der Waals surface area contributed by atoms with E-state index in [9.17, 15) is 4.79 Å². The van der Waals surface area contributed by atoms with E-state index in [4.69, 9.17) is 28.5 Å². The minimum Gasteiger partial charge on any atom is -0.346 e. The molecule has 0 radical (unpaired) electrons. The van der Waals surface area contributed by atoms with Crippen LogP contribution in [0.1, 0.15) is 16.1 Å². The summed E-state index contributed by atoms with van der Waals surface area (Å²) in [6, 6.07) is 5.18. The van der Waals surface area contributed by atoms with Crippen LogP contribution in [0.4, 0.5) is 0 Å². The van der Waals surface area contributed by atoms with Gasteiger partial charge in [0.1, 0.15) is 11.8 Å². The highest BCUT2D eigenvalue weighted by molar-refractivity contribution is 6.45. The smallest absolute Gasteiger partial charge is 0.153 e. The summed E-state index contributed by atoms with van der Waals surface area (Å²) >= 11 is 11.8. The molecule has 0 aliphatic carbocycles. The lowest BCUT2D eigenvalue weighted by atomic mass is 10.1. The van der Waals surface area contributed by atoms with Crippen LogP contribution in [0.3, 0.4) is 0 Å². The monoisotopic (exact) mass is 238 g/mol. The maximum Gasteiger partial charge on any atom is 0.153 e. The number of halogens is 2. The van der Waals surface area contributed by atoms with Gasteiger partial charge in [-0.3, -0.25) is 4.79 Å². The zero-order chi connectivity index (χ0) is 11.0. The van der Waals surface area contributed by atoms with Crippen molar-refractivity contribution in [3.05, 3.63) is 33.4 Å². The Morgan fingerprint density at radius 1 is 1.40 bits per heavy atom. The van der Waals surface area contributed by atoms with Crippen LogP contribution in [0, 0.1) is 11.3 Å². The second kappa shape index (κ2) is 3.58. The van der Waals surface area contributed by atoms with Crippen molar-refractivity contribution in [2.24, 2.45) is 0 Å². The molecule has 1 aromatic heterocycles. The molecule has 0 spiro atoms. The average molecular weight is 239 g/mol. The SMILES string of the molecule is N#Cc1[nH]c2ccc(Cl)c(Cl)c2c1C=O. The van der Waals surface area contributed by atoms with E-state index >= 15 is 0 Å². The summed E-state index contributed by atoms with van der Waals surface area (Å²) in [4.78, 5) is 13.6. The van der Waals surface area contributed by atoms with Gasteiger partial charge in [-0.15, -0.1) is 0 Å². The van der Waals surface area contributed by atoms with Gasteiger partial charge in [-0.05, 0) is 12.1 Å². The molecule has 74 valence electrons. The van der Waals surface area contributed by atoms with E-state index in [0.717, 1.165) is 0 Å². The summed E-state index contributed by atoms with van der Waals surface area (Å²) in [5, 5.41) is 9.93. The summed E-state index contributed by atoms with van der Waals surface area (Å²) in [5.74, 6) is 0. The van der Waals surface area contributed by atoms with Crippen LogP contribution in [-0.2, 0) is 0 Å². The van der Waals surface area contributed by atoms with Crippen LogP contribution < -0.4 is 0 Å². The average Bonchev–Trinajstić information content (AvgIpc) is 2.61. The van der Waals surface area contributed by atoms with Crippen molar-refractivity contribution in [2.75, 3.05) is 0 Å². The molecule has 0 saturated heterocycles. The van der Waals surface area contributed by atoms with E-state index in [1.165, 1.54) is 0 Å². The Labute approximate surface area is 95.2 Å². The highest BCUT2D eigenvalue weighted by atomic mass is 35.5. The fraction of sp³-hybridized carbons (Fsp3) is 0. The normalized spacial score (nSPS) is 10.2. The molecule has 0 atom stereocenters. The van der Waals surface area contributed by atoms with Gasteiger partial charge in [0.15, 0.2) is 6.29 Å². The van der Waals surface area contributed by atoms with Crippen molar-refractivity contribution in [3.8, 4) is 6.07 Å². The fourth-order valence-corrected chi connectivity index (χ4v) is 1.88. The van der Waals surface area contributed by atoms with E-state index < -0.39 is 0 Å². The second-order valence-corrected chi connectivity index (χ2v) is 3.71. The first-order valence-electron chi connectivity index (χ1n) is 4.04. The molecule has 0 aliphatic rings. The number of hydrogen-bond donors (Lipinski definition) is 1. The van der Waals surface area contributed by atoms with Gasteiger partial charge in [-0.1, -0.05) is 23.2 Å². The molecule has 0 saturated carbocycles. The van der Waals surface area contributed by atoms with E-state index in [1.54, 1.807) is 12.1 Å². The van der Waals surface area contributed by atoms with E-state index in [0.29, 0.717) is 22.2 Å². The maximum absolute atomic E-state index is 10.9. The Morgan fingerprint density at radius 2 is 2.13 bits per heavy atom. The Morgan fingerprint density at radius 3 is 2.73 bits per heavy atom. The molecule has 0 fully saturated rings. The van der Waals surface area contributed by atoms with Crippen molar-refractivity contribution in [2.45, 2.75) is 0 Å². The summed E-state index contributed by atoms with van der Waals surface area (Å²) in [6.07, 6.45) is 0.597. The predicted octanol–water partition coefficient (Wildman–Crippen LogP) is 3.16. The summed E-state index contributed by atoms with van der Waals surface area (Å²) in [6.45, 7) is 0. The van der Waals surface area contributed by atoms with E-state index in [-0.39, 0.29) is 16.3 Å². The molecule has 3 nitrogen and oxygen atoms in total. The van der Waals surface area contributed by atoms with Gasteiger partial charge in [0.25, 0.3) is 0 Å². The van der Waals surface area contributed by atoms with Crippen LogP contribution in [0.25, 0.3) is 10.9 Å². The van der Waals surface area contributed by atoms with Crippen molar-refractivity contribution in [1.82, 2.24) is 4.98 Å². The van der Waals surface area contributed by atoms with Crippen LogP contribution in [0.15, 0.2) is 12.1 Å². The molecule has 0 aliphatic heterocycles. The Kier molecular flexibility index (Phi) is 2.39. The van der Waals surface area contributed by atoms with Gasteiger partial charge < -0.3 is 4.98 Å². The fourth-order valence-electron chi connectivity index (χ4n) is 1.45. The summed E-state index contributed by atoms with van der Waals surface area (Å²) < 4.78 is 0. The quantitative estimate of drug-likeness (QED) is 0.777. The van der Waals surface area contributed by atoms with Gasteiger partial charge in [0, 0.05) is 10.9 Å². The minimum absolute atomic E-state index is 0.198. The zero-order valence-electron chi connectivity index (χ0n) is 7.34. The van der Waals surface area contributed by atoms with Gasteiger partial charge in [0.2, 0.25) is 0 Å². The van der Waals surface area contributed by atoms with Crippen molar-refractivity contribution in [3.63, 3.8) is 0 Å². The first-order valence-corrected chi connectivity index (χ1v) is 4.79. The molecule has 2 aromatic rings. The number of fused-ring (bicyclic) bond motifs is 1. The number of nitrogens with zero attached hydrogens (tertiary/aromatic N) is 1. The van der Waals surface area contributed by atoms with Crippen molar-refractivity contribution in [1.29, 1.82) is 5.26 Å². The Hall–Kier alpha value is -1.50. The lowest BCUT2D eigenvalue weighted by Gasteiger charge is -1.97. The van der Waals surface area contributed by atoms with Gasteiger partial charge in [-0.25, -0.2) is 0 Å². The van der Waals surface area contributed by atoms with Crippen LogP contribution in [0.2, 0.25) is 10.0 Å². The van der Waals surface area contributed by atoms with Gasteiger partial charge >= 0.3 is 0 Å². The third-order valence-electron chi connectivity index (χ3n) is 2.12. The molecule has 15 heavy (non-hydrogen) atoms. The third-order valence-corrected chi connectivity index (χ3v) is 2.93. The van der Waals surface area contributed by atoms with Crippen molar-refractivity contribution >= 4 is 40.4 Å². The number of aldehydes is 1. The maximum atomic E-state index is 10.9. The number of benzene rings is 1. The highest BCUT2D eigenvalue weighted by Gasteiger charge is 2.14. The van der Waals surface area contributed by atoms with E-state index in [2.05, 4.69) is 4.98 Å². The zero-order valence-corrected chi connectivity index (χ0v) is 8.86. The first kappa shape index (κ1) is 10.0. The highest BCUT2D eigenvalue weighted by Crippen LogP contribution is 2.33. The summed E-state index contributed by atoms with van der Waals surface area (Å²) in [5.41, 5.74) is 1.08. The standard InChI is InChI=1S/C10H4Cl2N2O/c11-6-1-2-7-9(10(6)12)5(4-15)8(3-13)14-7/h1-2,4,14H. The number of carbonyl (C=O) groups excluding carboxylic acids is 1. The molecule has 1 aromatic carbocycles. The number of aromatic nitrogens is 1. The predicted molar refractivity (Wildman–Crippen MR) is 58.4 cm³/mol. The van der Waals surface area contributed by atoms with Crippen LogP contribution >= 0.6 is 23.2 Å². The topological polar surface area (TPSA) is 56.6 Å². The molecular weight excluding hydrogens is 235 g/mol. The number of nitriles is 1. The molecular formula is C10H4Cl2N2O. The van der Waals surface area contributed by atoms with Crippen molar-refractivity contribution < 1.29 is 4.79 Å². The first-order chi connectivity index (χ1) is 7.19. The van der Waals surface area contributed by atoms with Gasteiger partial charge in [-0.2, -0.15) is 5.26 Å². The molecule has 5 heteroatoms. The number of nitrogens with one attached hydrogen (secondary N) is 1. The number of aromatic amines is 1. The second-order valence-electron chi connectivity index (χ2n) is 2.93. The molecule has 2 rings (SSSR count). The van der Waals surface area contributed by atoms with Crippen LogP contribution in [-0.4, -0.2) is 11.3 Å². The largest absolute Gasteiger partial charge is 0.346 e. The molecule has 1 N–H and O–H groups in total. The number of H-pyrrole nitrogens is 1. The lowest BCUT2D eigenvalue weighted by molar-refractivity contribution is 0.112. The van der Waals surface area contributed by atoms with Gasteiger partial charge in [0.05, 0.1) is 15.6 Å². The molecule has 1 heterocycles. The number of hydrogen-bond acceptors (Lipinski definition) is 2. The number of carbonyl (C=O) groups is 1. The Balaban J connectivity index is 2.99. The third kappa shape index (κ3) is 1.39. The molecule has 0 unspecified atom stereocenters. The van der Waals surface area contributed by atoms with E-state index in [1.807, 2.05) is 6.07 Å². The number of rotatable bonds is 1. The summed E-state index contributed by atoms with van der Waals surface area (Å²) in [7, 11) is 0.